The van der Waals surface area contributed by atoms with Crippen molar-refractivity contribution in [2.75, 3.05) is 46.5 Å². The molecule has 31 heavy (non-hydrogen) atoms. The smallest absolute Gasteiger partial charge is 0.262 e. The zero-order valence-electron chi connectivity index (χ0n) is 18.9. The predicted molar refractivity (Wildman–Crippen MR) is 120 cm³/mol. The highest BCUT2D eigenvalue weighted by Crippen LogP contribution is 2.40. The van der Waals surface area contributed by atoms with E-state index < -0.39 is 5.60 Å². The van der Waals surface area contributed by atoms with Crippen molar-refractivity contribution in [3.05, 3.63) is 47.5 Å². The molecule has 0 radical (unpaired) electrons. The molecule has 2 aromatic rings. The maximum atomic E-state index is 13.7. The molecule has 2 aromatic carbocycles. The van der Waals surface area contributed by atoms with Crippen LogP contribution in [0.5, 0.6) is 23.0 Å². The van der Waals surface area contributed by atoms with Gasteiger partial charge in [-0.05, 0) is 50.3 Å². The average molecular weight is 427 g/mol. The molecule has 166 valence electrons. The molecule has 0 unspecified atom stereocenters. The standard InChI is InChI=1S/C24H29NO6/c1-24(2)12-11-17-19(31-24)10-8-18(22(17)30-6)23(26)25(13-14-27-3)16-7-9-20(28-4)21(15-16)29-5/h7-12,15H,13-14H2,1-6H3. The fourth-order valence-corrected chi connectivity index (χ4v) is 3.49. The maximum absolute atomic E-state index is 13.7. The average Bonchev–Trinajstić information content (AvgIpc) is 2.77. The van der Waals surface area contributed by atoms with Crippen LogP contribution in [0, 0.1) is 0 Å². The van der Waals surface area contributed by atoms with E-state index >= 15 is 0 Å². The summed E-state index contributed by atoms with van der Waals surface area (Å²) in [5.74, 6) is 2.04. The Morgan fingerprint density at radius 2 is 1.74 bits per heavy atom. The van der Waals surface area contributed by atoms with E-state index in [1.807, 2.05) is 32.1 Å². The Bertz CT molecular complexity index is 982. The van der Waals surface area contributed by atoms with Gasteiger partial charge >= 0.3 is 0 Å². The lowest BCUT2D eigenvalue weighted by atomic mass is 9.99. The normalized spacial score (nSPS) is 13.7. The molecule has 1 heterocycles. The van der Waals surface area contributed by atoms with Crippen LogP contribution in [0.3, 0.4) is 0 Å². The zero-order chi connectivity index (χ0) is 22.6. The van der Waals surface area contributed by atoms with E-state index in [-0.39, 0.29) is 5.91 Å². The summed E-state index contributed by atoms with van der Waals surface area (Å²) in [5, 5.41) is 0. The van der Waals surface area contributed by atoms with Crippen molar-refractivity contribution >= 4 is 17.7 Å². The fraction of sp³-hybridized carbons (Fsp3) is 0.375. The van der Waals surface area contributed by atoms with Crippen LogP contribution in [-0.4, -0.2) is 53.1 Å². The Labute approximate surface area is 183 Å². The van der Waals surface area contributed by atoms with Gasteiger partial charge < -0.3 is 28.6 Å². The second kappa shape index (κ2) is 9.31. The minimum absolute atomic E-state index is 0.220. The van der Waals surface area contributed by atoms with Gasteiger partial charge in [0.25, 0.3) is 5.91 Å². The van der Waals surface area contributed by atoms with E-state index in [1.165, 1.54) is 0 Å². The van der Waals surface area contributed by atoms with Gasteiger partial charge in [0.1, 0.15) is 17.1 Å². The van der Waals surface area contributed by atoms with Crippen LogP contribution in [0.25, 0.3) is 6.08 Å². The van der Waals surface area contributed by atoms with Gasteiger partial charge in [0, 0.05) is 25.4 Å². The maximum Gasteiger partial charge on any atom is 0.262 e. The van der Waals surface area contributed by atoms with Crippen molar-refractivity contribution in [3.63, 3.8) is 0 Å². The summed E-state index contributed by atoms with van der Waals surface area (Å²) in [6.45, 7) is 4.66. The van der Waals surface area contributed by atoms with Gasteiger partial charge in [0.05, 0.1) is 39.1 Å². The van der Waals surface area contributed by atoms with Crippen molar-refractivity contribution in [3.8, 4) is 23.0 Å². The molecule has 7 nitrogen and oxygen atoms in total. The number of carbonyl (C=O) groups is 1. The Balaban J connectivity index is 2.05. The summed E-state index contributed by atoms with van der Waals surface area (Å²) < 4.78 is 27.6. The van der Waals surface area contributed by atoms with Crippen molar-refractivity contribution < 1.29 is 28.5 Å². The molecule has 0 N–H and O–H groups in total. The molecule has 1 amide bonds. The first-order valence-corrected chi connectivity index (χ1v) is 9.97. The minimum atomic E-state index is -0.423. The number of hydrogen-bond acceptors (Lipinski definition) is 6. The molecule has 0 aliphatic carbocycles. The largest absolute Gasteiger partial charge is 0.495 e. The van der Waals surface area contributed by atoms with E-state index in [4.69, 9.17) is 23.7 Å². The summed E-state index contributed by atoms with van der Waals surface area (Å²) in [4.78, 5) is 15.3. The number of benzene rings is 2. The summed E-state index contributed by atoms with van der Waals surface area (Å²) in [7, 11) is 6.28. The molecule has 0 atom stereocenters. The molecule has 7 heteroatoms. The van der Waals surface area contributed by atoms with E-state index in [9.17, 15) is 4.79 Å². The molecular formula is C24H29NO6. The summed E-state index contributed by atoms with van der Waals surface area (Å²) in [5.41, 5.74) is 1.41. The summed E-state index contributed by atoms with van der Waals surface area (Å²) in [6.07, 6.45) is 3.88. The highest BCUT2D eigenvalue weighted by atomic mass is 16.5. The molecule has 0 aromatic heterocycles. The lowest BCUT2D eigenvalue weighted by molar-refractivity contribution is 0.0972. The number of amides is 1. The van der Waals surface area contributed by atoms with Gasteiger partial charge in [0.15, 0.2) is 11.5 Å². The number of nitrogens with zero attached hydrogens (tertiary/aromatic N) is 1. The molecule has 0 fully saturated rings. The first kappa shape index (κ1) is 22.5. The first-order chi connectivity index (χ1) is 14.8. The molecule has 0 spiro atoms. The SMILES string of the molecule is COCCN(C(=O)c1ccc2c(c1OC)C=CC(C)(C)O2)c1ccc(OC)c(OC)c1. The van der Waals surface area contributed by atoms with Gasteiger partial charge in [-0.25, -0.2) is 0 Å². The van der Waals surface area contributed by atoms with E-state index in [0.29, 0.717) is 47.4 Å². The van der Waals surface area contributed by atoms with Crippen LogP contribution in [0.2, 0.25) is 0 Å². The number of fused-ring (bicyclic) bond motifs is 1. The van der Waals surface area contributed by atoms with Crippen molar-refractivity contribution in [2.24, 2.45) is 0 Å². The van der Waals surface area contributed by atoms with Gasteiger partial charge in [-0.2, -0.15) is 0 Å². The van der Waals surface area contributed by atoms with Crippen molar-refractivity contribution in [2.45, 2.75) is 19.4 Å². The fourth-order valence-electron chi connectivity index (χ4n) is 3.49. The van der Waals surface area contributed by atoms with Crippen LogP contribution in [-0.2, 0) is 4.74 Å². The van der Waals surface area contributed by atoms with Gasteiger partial charge in [-0.1, -0.05) is 0 Å². The predicted octanol–water partition coefficient (Wildman–Crippen LogP) is 4.19. The number of hydrogen-bond donors (Lipinski definition) is 0. The molecule has 0 saturated carbocycles. The molecule has 1 aliphatic rings. The topological polar surface area (TPSA) is 66.5 Å². The highest BCUT2D eigenvalue weighted by molar-refractivity contribution is 6.09. The Kier molecular flexibility index (Phi) is 6.75. The molecular weight excluding hydrogens is 398 g/mol. The Hall–Kier alpha value is -3.19. The number of ether oxygens (including phenoxy) is 5. The Morgan fingerprint density at radius 3 is 2.39 bits per heavy atom. The second-order valence-electron chi connectivity index (χ2n) is 7.59. The minimum Gasteiger partial charge on any atom is -0.495 e. The quantitative estimate of drug-likeness (QED) is 0.629. The summed E-state index contributed by atoms with van der Waals surface area (Å²) >= 11 is 0. The van der Waals surface area contributed by atoms with Crippen LogP contribution >= 0.6 is 0 Å². The summed E-state index contributed by atoms with van der Waals surface area (Å²) in [6, 6.07) is 8.88. The number of carbonyl (C=O) groups excluding carboxylic acids is 1. The molecule has 1 aliphatic heterocycles. The van der Waals surface area contributed by atoms with Gasteiger partial charge in [0.2, 0.25) is 0 Å². The van der Waals surface area contributed by atoms with E-state index in [1.54, 1.807) is 57.6 Å². The number of rotatable bonds is 8. The van der Waals surface area contributed by atoms with Crippen molar-refractivity contribution in [1.82, 2.24) is 0 Å². The lowest BCUT2D eigenvalue weighted by Crippen LogP contribution is -2.34. The lowest BCUT2D eigenvalue weighted by Gasteiger charge is -2.30. The van der Waals surface area contributed by atoms with Crippen molar-refractivity contribution in [1.29, 1.82) is 0 Å². The number of methoxy groups -OCH3 is 4. The third kappa shape index (κ3) is 4.61. The van der Waals surface area contributed by atoms with Crippen LogP contribution < -0.4 is 23.8 Å². The monoisotopic (exact) mass is 427 g/mol. The number of anilines is 1. The Morgan fingerprint density at radius 1 is 1.00 bits per heavy atom. The molecule has 0 saturated heterocycles. The highest BCUT2D eigenvalue weighted by Gasteiger charge is 2.29. The zero-order valence-corrected chi connectivity index (χ0v) is 18.9. The third-order valence-electron chi connectivity index (χ3n) is 5.06. The van der Waals surface area contributed by atoms with Gasteiger partial charge in [-0.3, -0.25) is 4.79 Å². The second-order valence-corrected chi connectivity index (χ2v) is 7.59. The first-order valence-electron chi connectivity index (χ1n) is 9.97. The van der Waals surface area contributed by atoms with E-state index in [2.05, 4.69) is 0 Å². The van der Waals surface area contributed by atoms with E-state index in [0.717, 1.165) is 5.56 Å². The molecule has 3 rings (SSSR count). The van der Waals surface area contributed by atoms with Crippen LogP contribution in [0.1, 0.15) is 29.8 Å². The van der Waals surface area contributed by atoms with Crippen LogP contribution in [0.4, 0.5) is 5.69 Å². The third-order valence-corrected chi connectivity index (χ3v) is 5.06. The molecule has 0 bridgehead atoms. The van der Waals surface area contributed by atoms with Crippen LogP contribution in [0.15, 0.2) is 36.4 Å². The van der Waals surface area contributed by atoms with Gasteiger partial charge in [-0.15, -0.1) is 0 Å².